The number of rotatable bonds is 6. The molecule has 7 nitrogen and oxygen atoms in total. The lowest BCUT2D eigenvalue weighted by molar-refractivity contribution is -0.143. The summed E-state index contributed by atoms with van der Waals surface area (Å²) < 4.78 is 102. The fourth-order valence-corrected chi connectivity index (χ4v) is 5.24. The van der Waals surface area contributed by atoms with Crippen molar-refractivity contribution in [2.24, 2.45) is 0 Å². The van der Waals surface area contributed by atoms with Gasteiger partial charge in [0.1, 0.15) is 17.5 Å². The number of amides is 1. The molecule has 1 fully saturated rings. The predicted molar refractivity (Wildman–Crippen MR) is 131 cm³/mol. The van der Waals surface area contributed by atoms with Gasteiger partial charge in [-0.2, -0.15) is 26.3 Å². The Bertz CT molecular complexity index is 1370. The van der Waals surface area contributed by atoms with Gasteiger partial charge in [0.2, 0.25) is 5.91 Å². The van der Waals surface area contributed by atoms with E-state index in [1.807, 2.05) is 9.47 Å². The minimum absolute atomic E-state index is 0.0775. The molecule has 2 aliphatic rings. The van der Waals surface area contributed by atoms with E-state index in [9.17, 15) is 35.5 Å². The van der Waals surface area contributed by atoms with Crippen LogP contribution in [0.15, 0.2) is 42.5 Å². The van der Waals surface area contributed by atoms with Gasteiger partial charge in [0.05, 0.1) is 36.4 Å². The number of ether oxygens (including phenoxy) is 1. The van der Waals surface area contributed by atoms with E-state index >= 15 is 0 Å². The smallest absolute Gasteiger partial charge is 0.369 e. The van der Waals surface area contributed by atoms with Crippen molar-refractivity contribution in [2.75, 3.05) is 19.6 Å². The molecule has 41 heavy (non-hydrogen) atoms. The first-order chi connectivity index (χ1) is 19.3. The summed E-state index contributed by atoms with van der Waals surface area (Å²) in [4.78, 5) is 13.7. The van der Waals surface area contributed by atoms with Crippen molar-refractivity contribution in [3.05, 3.63) is 82.2 Å². The van der Waals surface area contributed by atoms with Crippen LogP contribution in [-0.2, 0) is 41.4 Å². The maximum absolute atomic E-state index is 13.7. The number of piperazine rings is 1. The second-order valence-corrected chi connectivity index (χ2v) is 10.2. The van der Waals surface area contributed by atoms with Gasteiger partial charge >= 0.3 is 12.4 Å². The molecule has 0 radical (unpaired) electrons. The molecule has 3 heterocycles. The Morgan fingerprint density at radius 1 is 1.02 bits per heavy atom. The van der Waals surface area contributed by atoms with Crippen LogP contribution >= 0.6 is 0 Å². The minimum atomic E-state index is -4.99. The number of hydrogen-bond acceptors (Lipinski definition) is 5. The second-order valence-electron chi connectivity index (χ2n) is 10.2. The standard InChI is InChI=1S/C27H26F7N5O2/c1-15(17-8-18(26(29,30)31)10-19(9-17)27(32,33)34)41-22-11-23-36-37-24(13-38-7-6-35-25(40)14-38)39(23)12-21(22)16-2-4-20(28)5-3-16/h2-5,8-10,15,21-22H,6-7,11-14H2,1H3,(H,35,40)/t15-,21-,22+/m1/s1. The Balaban J connectivity index is 1.45. The number of carbonyl (C=O) groups is 1. The lowest BCUT2D eigenvalue weighted by Crippen LogP contribution is -2.47. The van der Waals surface area contributed by atoms with E-state index in [0.717, 1.165) is 0 Å². The highest BCUT2D eigenvalue weighted by Gasteiger charge is 2.39. The Morgan fingerprint density at radius 3 is 2.29 bits per heavy atom. The van der Waals surface area contributed by atoms with Crippen LogP contribution in [0.2, 0.25) is 0 Å². The van der Waals surface area contributed by atoms with Crippen molar-refractivity contribution in [1.29, 1.82) is 0 Å². The van der Waals surface area contributed by atoms with Gasteiger partial charge in [-0.1, -0.05) is 12.1 Å². The third-order valence-electron chi connectivity index (χ3n) is 7.35. The van der Waals surface area contributed by atoms with Gasteiger partial charge in [-0.05, 0) is 48.4 Å². The maximum atomic E-state index is 13.7. The lowest BCUT2D eigenvalue weighted by atomic mass is 9.88. The molecule has 1 saturated heterocycles. The van der Waals surface area contributed by atoms with Gasteiger partial charge in [-0.25, -0.2) is 4.39 Å². The van der Waals surface area contributed by atoms with Crippen molar-refractivity contribution in [1.82, 2.24) is 25.0 Å². The Hall–Kier alpha value is -3.52. The number of fused-ring (bicyclic) bond motifs is 1. The molecule has 3 aromatic rings. The summed E-state index contributed by atoms with van der Waals surface area (Å²) >= 11 is 0. The molecule has 0 spiro atoms. The van der Waals surface area contributed by atoms with Gasteiger partial charge < -0.3 is 14.6 Å². The highest BCUT2D eigenvalue weighted by Crippen LogP contribution is 2.40. The van der Waals surface area contributed by atoms with Crippen molar-refractivity contribution in [3.8, 4) is 0 Å². The Kier molecular flexibility index (Phi) is 7.81. The van der Waals surface area contributed by atoms with Crippen molar-refractivity contribution in [3.63, 3.8) is 0 Å². The molecule has 0 unspecified atom stereocenters. The number of nitrogens with one attached hydrogen (secondary N) is 1. The zero-order chi connectivity index (χ0) is 29.5. The average molecular weight is 586 g/mol. The first kappa shape index (κ1) is 29.0. The number of benzene rings is 2. The van der Waals surface area contributed by atoms with Crippen LogP contribution in [0.1, 0.15) is 52.8 Å². The van der Waals surface area contributed by atoms with Gasteiger partial charge in [0, 0.05) is 32.0 Å². The van der Waals surface area contributed by atoms with Crippen LogP contribution in [-0.4, -0.2) is 51.3 Å². The van der Waals surface area contributed by atoms with Gasteiger partial charge in [0.25, 0.3) is 0 Å². The number of aromatic nitrogens is 3. The number of hydrogen-bond donors (Lipinski definition) is 1. The SMILES string of the molecule is C[C@@H](O[C@H]1Cc2nnc(CN3CCNC(=O)C3)n2C[C@@H]1c1ccc(F)cc1)c1cc(C(F)(F)F)cc(C(F)(F)F)c1. The zero-order valence-corrected chi connectivity index (χ0v) is 21.8. The summed E-state index contributed by atoms with van der Waals surface area (Å²) in [6, 6.07) is 7.07. The van der Waals surface area contributed by atoms with Crippen LogP contribution in [0.3, 0.4) is 0 Å². The molecular formula is C27H26F7N5O2. The highest BCUT2D eigenvalue weighted by molar-refractivity contribution is 5.78. The topological polar surface area (TPSA) is 72.3 Å². The first-order valence-electron chi connectivity index (χ1n) is 12.9. The van der Waals surface area contributed by atoms with E-state index in [-0.39, 0.29) is 37.0 Å². The highest BCUT2D eigenvalue weighted by atomic mass is 19.4. The van der Waals surface area contributed by atoms with Crippen LogP contribution in [0.4, 0.5) is 30.7 Å². The van der Waals surface area contributed by atoms with E-state index < -0.39 is 47.4 Å². The molecule has 1 aromatic heterocycles. The van der Waals surface area contributed by atoms with Crippen LogP contribution in [0.25, 0.3) is 0 Å². The van der Waals surface area contributed by atoms with Gasteiger partial charge in [-0.15, -0.1) is 10.2 Å². The third-order valence-corrected chi connectivity index (χ3v) is 7.35. The largest absolute Gasteiger partial charge is 0.416 e. The molecule has 2 aliphatic heterocycles. The van der Waals surface area contributed by atoms with Crippen molar-refractivity contribution < 1.29 is 40.3 Å². The molecule has 14 heteroatoms. The minimum Gasteiger partial charge on any atom is -0.369 e. The van der Waals surface area contributed by atoms with Crippen LogP contribution in [0, 0.1) is 5.82 Å². The Morgan fingerprint density at radius 2 is 1.68 bits per heavy atom. The van der Waals surface area contributed by atoms with Crippen molar-refractivity contribution >= 4 is 5.91 Å². The second kappa shape index (κ2) is 11.0. The molecule has 1 amide bonds. The molecular weight excluding hydrogens is 559 g/mol. The summed E-state index contributed by atoms with van der Waals surface area (Å²) in [6.45, 7) is 3.33. The zero-order valence-electron chi connectivity index (χ0n) is 21.8. The normalized spacial score (nSPS) is 20.9. The summed E-state index contributed by atoms with van der Waals surface area (Å²) in [5.74, 6) is 0.105. The fourth-order valence-electron chi connectivity index (χ4n) is 5.24. The number of nitrogens with zero attached hydrogens (tertiary/aromatic N) is 4. The van der Waals surface area contributed by atoms with E-state index in [1.54, 1.807) is 12.1 Å². The van der Waals surface area contributed by atoms with E-state index in [0.29, 0.717) is 49.0 Å². The van der Waals surface area contributed by atoms with Gasteiger partial charge in [0.15, 0.2) is 0 Å². The summed E-state index contributed by atoms with van der Waals surface area (Å²) in [5, 5.41) is 11.3. The average Bonchev–Trinajstić information content (AvgIpc) is 3.28. The van der Waals surface area contributed by atoms with Crippen LogP contribution in [0.5, 0.6) is 0 Å². The summed E-state index contributed by atoms with van der Waals surface area (Å²) in [6.07, 6.45) is -11.7. The van der Waals surface area contributed by atoms with Crippen molar-refractivity contribution in [2.45, 2.75) is 56.9 Å². The Labute approximate surface area is 230 Å². The summed E-state index contributed by atoms with van der Waals surface area (Å²) in [7, 11) is 0. The van der Waals surface area contributed by atoms with Gasteiger partial charge in [-0.3, -0.25) is 9.69 Å². The van der Waals surface area contributed by atoms with Crippen LogP contribution < -0.4 is 5.32 Å². The summed E-state index contributed by atoms with van der Waals surface area (Å²) in [5.41, 5.74) is -2.45. The maximum Gasteiger partial charge on any atom is 0.416 e. The molecule has 5 rings (SSSR count). The fraction of sp³-hybridized carbons (Fsp3) is 0.444. The first-order valence-corrected chi connectivity index (χ1v) is 12.9. The quantitative estimate of drug-likeness (QED) is 0.418. The molecule has 220 valence electrons. The number of alkyl halides is 6. The number of carbonyl (C=O) groups excluding carboxylic acids is 1. The monoisotopic (exact) mass is 585 g/mol. The molecule has 0 aliphatic carbocycles. The molecule has 1 N–H and O–H groups in total. The van der Waals surface area contributed by atoms with E-state index in [2.05, 4.69) is 15.5 Å². The number of halogens is 7. The molecule has 0 bridgehead atoms. The molecule has 2 aromatic carbocycles. The third kappa shape index (κ3) is 6.53. The molecule has 3 atom stereocenters. The molecule has 0 saturated carbocycles. The van der Waals surface area contributed by atoms with E-state index in [1.165, 1.54) is 19.1 Å². The predicted octanol–water partition coefficient (Wildman–Crippen LogP) is 4.87. The van der Waals surface area contributed by atoms with E-state index in [4.69, 9.17) is 4.74 Å². The lowest BCUT2D eigenvalue weighted by Gasteiger charge is -2.35.